The first-order valence-corrected chi connectivity index (χ1v) is 5.47. The van der Waals surface area contributed by atoms with Crippen molar-refractivity contribution in [1.29, 1.82) is 0 Å². The van der Waals surface area contributed by atoms with Gasteiger partial charge in [0.05, 0.1) is 0 Å². The molecule has 0 saturated heterocycles. The number of aromatic nitrogens is 2. The highest BCUT2D eigenvalue weighted by Gasteiger charge is 1.88. The lowest BCUT2D eigenvalue weighted by Gasteiger charge is -1.74. The molecule has 2 heterocycles. The molecule has 0 unspecified atom stereocenters. The molecule has 2 aromatic rings. The van der Waals surface area contributed by atoms with E-state index in [0.717, 1.165) is 0 Å². The molecule has 0 saturated carbocycles. The van der Waals surface area contributed by atoms with E-state index in [4.69, 9.17) is 10.2 Å². The van der Waals surface area contributed by atoms with Crippen LogP contribution in [-0.2, 0) is 9.59 Å². The van der Waals surface area contributed by atoms with Gasteiger partial charge in [-0.15, -0.1) is 0 Å². The third kappa shape index (κ3) is 15.0. The van der Waals surface area contributed by atoms with E-state index in [2.05, 4.69) is 9.97 Å². The van der Waals surface area contributed by atoms with Crippen molar-refractivity contribution in [3.63, 3.8) is 0 Å². The van der Waals surface area contributed by atoms with Crippen LogP contribution in [0.2, 0.25) is 0 Å². The molecule has 0 spiro atoms. The van der Waals surface area contributed by atoms with E-state index in [1.165, 1.54) is 0 Å². The Morgan fingerprint density at radius 3 is 1.05 bits per heavy atom. The largest absolute Gasteiger partial charge is 0.478 e. The predicted molar refractivity (Wildman–Crippen MR) is 72.9 cm³/mol. The third-order valence-corrected chi connectivity index (χ3v) is 1.50. The molecule has 0 aromatic carbocycles. The van der Waals surface area contributed by atoms with Gasteiger partial charge in [0.25, 0.3) is 0 Å². The molecular formula is C14H14N2O4. The van der Waals surface area contributed by atoms with Crippen LogP contribution in [0.4, 0.5) is 0 Å². The Hall–Kier alpha value is -3.02. The SMILES string of the molecule is O=C(O)C=CC(=O)O.c1ccncc1.c1ccncc1. The number of pyridine rings is 2. The Labute approximate surface area is 116 Å². The number of carboxylic acid groups (broad SMARTS) is 2. The number of hydrogen-bond acceptors (Lipinski definition) is 4. The Morgan fingerprint density at radius 1 is 0.650 bits per heavy atom. The first kappa shape index (κ1) is 17.0. The lowest BCUT2D eigenvalue weighted by Crippen LogP contribution is -1.91. The highest BCUT2D eigenvalue weighted by atomic mass is 16.4. The summed E-state index contributed by atoms with van der Waals surface area (Å²) < 4.78 is 0. The monoisotopic (exact) mass is 274 g/mol. The van der Waals surface area contributed by atoms with Gasteiger partial charge in [-0.05, 0) is 24.3 Å². The van der Waals surface area contributed by atoms with Gasteiger partial charge in [0.15, 0.2) is 0 Å². The smallest absolute Gasteiger partial charge is 0.328 e. The molecule has 2 rings (SSSR count). The fraction of sp³-hybridized carbons (Fsp3) is 0. The fourth-order valence-electron chi connectivity index (χ4n) is 0.768. The van der Waals surface area contributed by atoms with Crippen LogP contribution in [0.15, 0.2) is 73.3 Å². The summed E-state index contributed by atoms with van der Waals surface area (Å²) in [4.78, 5) is 26.7. The zero-order valence-corrected chi connectivity index (χ0v) is 10.5. The van der Waals surface area contributed by atoms with E-state index in [-0.39, 0.29) is 0 Å². The summed E-state index contributed by atoms with van der Waals surface area (Å²) in [6.07, 6.45) is 8.12. The van der Waals surface area contributed by atoms with Gasteiger partial charge in [-0.1, -0.05) is 12.1 Å². The van der Waals surface area contributed by atoms with Crippen molar-refractivity contribution in [3.05, 3.63) is 73.3 Å². The maximum absolute atomic E-state index is 9.55. The molecule has 0 fully saturated rings. The predicted octanol–water partition coefficient (Wildman–Crippen LogP) is 1.88. The van der Waals surface area contributed by atoms with Crippen molar-refractivity contribution in [3.8, 4) is 0 Å². The van der Waals surface area contributed by atoms with Gasteiger partial charge in [-0.25, -0.2) is 9.59 Å². The van der Waals surface area contributed by atoms with E-state index in [0.29, 0.717) is 12.2 Å². The average molecular weight is 274 g/mol. The van der Waals surface area contributed by atoms with Gasteiger partial charge < -0.3 is 10.2 Å². The molecule has 2 aromatic heterocycles. The molecule has 0 aliphatic heterocycles. The molecule has 2 N–H and O–H groups in total. The Balaban J connectivity index is 0.000000274. The maximum atomic E-state index is 9.55. The molecule has 0 radical (unpaired) electrons. The second kappa shape index (κ2) is 12.4. The second-order valence-electron chi connectivity index (χ2n) is 3.06. The second-order valence-corrected chi connectivity index (χ2v) is 3.06. The van der Waals surface area contributed by atoms with Crippen LogP contribution >= 0.6 is 0 Å². The first-order chi connectivity index (χ1) is 9.63. The number of rotatable bonds is 2. The van der Waals surface area contributed by atoms with Gasteiger partial charge in [-0.2, -0.15) is 0 Å². The van der Waals surface area contributed by atoms with Crippen LogP contribution in [0.5, 0.6) is 0 Å². The summed E-state index contributed by atoms with van der Waals surface area (Å²) in [5.74, 6) is -2.51. The molecule has 0 aliphatic rings. The minimum Gasteiger partial charge on any atom is -0.478 e. The molecular weight excluding hydrogens is 260 g/mol. The molecule has 0 atom stereocenters. The minimum absolute atomic E-state index is 0.558. The normalized spacial score (nSPS) is 8.60. The summed E-state index contributed by atoms with van der Waals surface area (Å²) in [6.45, 7) is 0. The van der Waals surface area contributed by atoms with Crippen LogP contribution < -0.4 is 0 Å². The molecule has 0 aliphatic carbocycles. The quantitative estimate of drug-likeness (QED) is 0.811. The van der Waals surface area contributed by atoms with Gasteiger partial charge in [0.2, 0.25) is 0 Å². The van der Waals surface area contributed by atoms with Crippen LogP contribution in [-0.4, -0.2) is 32.1 Å². The minimum atomic E-state index is -1.26. The maximum Gasteiger partial charge on any atom is 0.328 e. The molecule has 6 nitrogen and oxygen atoms in total. The third-order valence-electron chi connectivity index (χ3n) is 1.50. The Bertz CT molecular complexity index is 400. The average Bonchev–Trinajstić information content (AvgIpc) is 2.50. The summed E-state index contributed by atoms with van der Waals surface area (Å²) in [5, 5.41) is 15.6. The zero-order chi connectivity index (χ0) is 15.1. The molecule has 20 heavy (non-hydrogen) atoms. The molecule has 0 amide bonds. The number of carbonyl (C=O) groups is 2. The standard InChI is InChI=1S/2C5H5N.C4H4O4/c2*1-2-4-6-5-3-1;5-3(6)1-2-4(7)8/h2*1-5H;1-2H,(H,5,6)(H,7,8). The molecule has 6 heteroatoms. The fourth-order valence-corrected chi connectivity index (χ4v) is 0.768. The number of nitrogens with zero attached hydrogens (tertiary/aromatic N) is 2. The summed E-state index contributed by atoms with van der Waals surface area (Å²) in [7, 11) is 0. The van der Waals surface area contributed by atoms with Gasteiger partial charge in [-0.3, -0.25) is 9.97 Å². The highest BCUT2D eigenvalue weighted by molar-refractivity contribution is 5.89. The van der Waals surface area contributed by atoms with Gasteiger partial charge in [0.1, 0.15) is 0 Å². The topological polar surface area (TPSA) is 100 Å². The number of hydrogen-bond donors (Lipinski definition) is 2. The van der Waals surface area contributed by atoms with Crippen molar-refractivity contribution < 1.29 is 19.8 Å². The highest BCUT2D eigenvalue weighted by Crippen LogP contribution is 1.74. The molecule has 0 bridgehead atoms. The summed E-state index contributed by atoms with van der Waals surface area (Å²) in [5.41, 5.74) is 0. The van der Waals surface area contributed by atoms with E-state index >= 15 is 0 Å². The lowest BCUT2D eigenvalue weighted by molar-refractivity contribution is -0.134. The molecule has 104 valence electrons. The van der Waals surface area contributed by atoms with Crippen LogP contribution in [0, 0.1) is 0 Å². The Kier molecular flexibility index (Phi) is 10.6. The van der Waals surface area contributed by atoms with Crippen LogP contribution in [0.1, 0.15) is 0 Å². The van der Waals surface area contributed by atoms with E-state index in [1.807, 2.05) is 36.4 Å². The lowest BCUT2D eigenvalue weighted by atomic mass is 10.5. The van der Waals surface area contributed by atoms with Gasteiger partial charge in [0, 0.05) is 36.9 Å². The number of aliphatic carboxylic acids is 2. The Morgan fingerprint density at radius 2 is 0.950 bits per heavy atom. The van der Waals surface area contributed by atoms with Crippen molar-refractivity contribution in [2.24, 2.45) is 0 Å². The van der Waals surface area contributed by atoms with E-state index in [9.17, 15) is 9.59 Å². The van der Waals surface area contributed by atoms with Crippen molar-refractivity contribution in [1.82, 2.24) is 9.97 Å². The first-order valence-electron chi connectivity index (χ1n) is 5.47. The summed E-state index contributed by atoms with van der Waals surface area (Å²) in [6, 6.07) is 11.4. The van der Waals surface area contributed by atoms with E-state index < -0.39 is 11.9 Å². The van der Waals surface area contributed by atoms with Crippen molar-refractivity contribution in [2.75, 3.05) is 0 Å². The van der Waals surface area contributed by atoms with Crippen LogP contribution in [0.3, 0.4) is 0 Å². The summed E-state index contributed by atoms with van der Waals surface area (Å²) >= 11 is 0. The number of carboxylic acids is 2. The zero-order valence-electron chi connectivity index (χ0n) is 10.5. The van der Waals surface area contributed by atoms with Gasteiger partial charge >= 0.3 is 11.9 Å². The van der Waals surface area contributed by atoms with Crippen molar-refractivity contribution in [2.45, 2.75) is 0 Å². The van der Waals surface area contributed by atoms with Crippen LogP contribution in [0.25, 0.3) is 0 Å². The van der Waals surface area contributed by atoms with Crippen molar-refractivity contribution >= 4 is 11.9 Å². The van der Waals surface area contributed by atoms with E-state index in [1.54, 1.807) is 24.8 Å².